The first-order valence-electron chi connectivity index (χ1n) is 6.97. The van der Waals surface area contributed by atoms with E-state index >= 15 is 0 Å². The zero-order chi connectivity index (χ0) is 15.2. The van der Waals surface area contributed by atoms with Crippen molar-refractivity contribution in [3.05, 3.63) is 35.6 Å². The molecule has 1 atom stereocenters. The fourth-order valence-corrected chi connectivity index (χ4v) is 2.58. The van der Waals surface area contributed by atoms with Gasteiger partial charge >= 0.3 is 0 Å². The van der Waals surface area contributed by atoms with Gasteiger partial charge in [-0.15, -0.1) is 0 Å². The number of benzene rings is 1. The van der Waals surface area contributed by atoms with Crippen LogP contribution in [0.5, 0.6) is 11.5 Å². The summed E-state index contributed by atoms with van der Waals surface area (Å²) in [6, 6.07) is 4.26. The Morgan fingerprint density at radius 2 is 1.95 bits per heavy atom. The van der Waals surface area contributed by atoms with Crippen LogP contribution >= 0.6 is 0 Å². The van der Waals surface area contributed by atoms with Crippen molar-refractivity contribution in [2.24, 2.45) is 0 Å². The Balaban J connectivity index is 2.19. The first kappa shape index (κ1) is 15.7. The summed E-state index contributed by atoms with van der Waals surface area (Å²) in [6.07, 6.45) is 1.67. The van der Waals surface area contributed by atoms with E-state index < -0.39 is 0 Å². The third-order valence-corrected chi connectivity index (χ3v) is 3.62. The second-order valence-electron chi connectivity index (χ2n) is 4.96. The average Bonchev–Trinajstić information content (AvgIpc) is 2.51. The lowest BCUT2D eigenvalue weighted by Gasteiger charge is -2.28. The van der Waals surface area contributed by atoms with Crippen LogP contribution < -0.4 is 14.8 Å². The zero-order valence-electron chi connectivity index (χ0n) is 12.9. The molecule has 0 saturated heterocycles. The van der Waals surface area contributed by atoms with Gasteiger partial charge in [0, 0.05) is 19.6 Å². The molecule has 0 aliphatic carbocycles. The van der Waals surface area contributed by atoms with Crippen LogP contribution in [0.1, 0.15) is 23.6 Å². The van der Waals surface area contributed by atoms with Crippen molar-refractivity contribution in [2.45, 2.75) is 18.9 Å². The highest BCUT2D eigenvalue weighted by Crippen LogP contribution is 2.36. The summed E-state index contributed by atoms with van der Waals surface area (Å²) < 4.78 is 21.1. The molecule has 2 rings (SSSR count). The Hall–Kier alpha value is -1.72. The molecule has 0 radical (unpaired) electrons. The van der Waals surface area contributed by atoms with E-state index in [-0.39, 0.29) is 12.8 Å². The summed E-state index contributed by atoms with van der Waals surface area (Å²) in [5.74, 6) is 2.22. The van der Waals surface area contributed by atoms with E-state index in [4.69, 9.17) is 18.9 Å². The molecular weight excluding hydrogens is 270 g/mol. The molecule has 0 aromatic heterocycles. The fourth-order valence-electron chi connectivity index (χ4n) is 2.58. The molecule has 1 heterocycles. The van der Waals surface area contributed by atoms with E-state index in [1.807, 2.05) is 6.07 Å². The Labute approximate surface area is 125 Å². The summed E-state index contributed by atoms with van der Waals surface area (Å²) in [5.41, 5.74) is 2.48. The average molecular weight is 293 g/mol. The fraction of sp³-hybridized carbons (Fsp3) is 0.500. The first-order chi connectivity index (χ1) is 10.2. The summed E-state index contributed by atoms with van der Waals surface area (Å²) in [7, 11) is 4.90. The van der Waals surface area contributed by atoms with Crippen molar-refractivity contribution in [3.63, 3.8) is 0 Å². The molecule has 1 aromatic carbocycles. The maximum Gasteiger partial charge on any atom is 0.188 e. The molecule has 116 valence electrons. The van der Waals surface area contributed by atoms with E-state index in [1.165, 1.54) is 11.1 Å². The molecule has 1 aliphatic heterocycles. The number of hydrogen-bond donors (Lipinski definition) is 1. The van der Waals surface area contributed by atoms with Crippen LogP contribution in [0.15, 0.2) is 24.5 Å². The van der Waals surface area contributed by atoms with E-state index in [1.54, 1.807) is 21.3 Å². The molecule has 0 amide bonds. The molecule has 5 nitrogen and oxygen atoms in total. The molecule has 0 spiro atoms. The lowest BCUT2D eigenvalue weighted by atomic mass is 9.91. The van der Waals surface area contributed by atoms with Gasteiger partial charge in [-0.1, -0.05) is 6.58 Å². The van der Waals surface area contributed by atoms with E-state index in [0.717, 1.165) is 24.5 Å². The van der Waals surface area contributed by atoms with Crippen molar-refractivity contribution in [3.8, 4) is 11.5 Å². The van der Waals surface area contributed by atoms with Gasteiger partial charge in [0.05, 0.1) is 20.0 Å². The number of hydrogen-bond acceptors (Lipinski definition) is 5. The Bertz CT molecular complexity index is 501. The van der Waals surface area contributed by atoms with Gasteiger partial charge in [0.2, 0.25) is 0 Å². The number of methoxy groups -OCH3 is 3. The summed E-state index contributed by atoms with van der Waals surface area (Å²) in [4.78, 5) is 0. The minimum absolute atomic E-state index is 0.165. The minimum Gasteiger partial charge on any atom is -0.493 e. The van der Waals surface area contributed by atoms with Gasteiger partial charge in [-0.25, -0.2) is 0 Å². The molecule has 0 fully saturated rings. The molecule has 21 heavy (non-hydrogen) atoms. The Morgan fingerprint density at radius 3 is 2.62 bits per heavy atom. The van der Waals surface area contributed by atoms with Crippen LogP contribution in [0, 0.1) is 0 Å². The predicted octanol–water partition coefficient (Wildman–Crippen LogP) is 2.41. The van der Waals surface area contributed by atoms with Gasteiger partial charge in [-0.2, -0.15) is 0 Å². The quantitative estimate of drug-likeness (QED) is 0.618. The van der Waals surface area contributed by atoms with Crippen molar-refractivity contribution >= 4 is 0 Å². The molecular formula is C16H23NO4. The van der Waals surface area contributed by atoms with Crippen LogP contribution in [-0.2, 0) is 15.9 Å². The smallest absolute Gasteiger partial charge is 0.188 e. The van der Waals surface area contributed by atoms with Crippen LogP contribution in [0.2, 0.25) is 0 Å². The Kier molecular flexibility index (Phi) is 5.47. The number of ether oxygens (including phenoxy) is 4. The molecule has 1 aromatic rings. The second kappa shape index (κ2) is 7.33. The Morgan fingerprint density at radius 1 is 1.24 bits per heavy atom. The van der Waals surface area contributed by atoms with Crippen LogP contribution in [-0.4, -0.2) is 34.7 Å². The molecule has 0 unspecified atom stereocenters. The van der Waals surface area contributed by atoms with Gasteiger partial charge in [0.25, 0.3) is 0 Å². The van der Waals surface area contributed by atoms with E-state index in [0.29, 0.717) is 12.2 Å². The van der Waals surface area contributed by atoms with Gasteiger partial charge in [-0.3, -0.25) is 0 Å². The SMILES string of the molecule is C=C(C[C@@H]1NCCc2cc(OC)c(OC)cc21)OCOC. The largest absolute Gasteiger partial charge is 0.493 e. The third-order valence-electron chi connectivity index (χ3n) is 3.62. The summed E-state index contributed by atoms with van der Waals surface area (Å²) >= 11 is 0. The summed E-state index contributed by atoms with van der Waals surface area (Å²) in [5, 5.41) is 3.49. The third kappa shape index (κ3) is 3.68. The van der Waals surface area contributed by atoms with Gasteiger partial charge in [0.15, 0.2) is 18.3 Å². The molecule has 0 saturated carbocycles. The standard InChI is InChI=1S/C16H23NO4/c1-11(21-10-18-2)7-14-13-9-16(20-4)15(19-3)8-12(13)5-6-17-14/h8-9,14,17H,1,5-7,10H2,2-4H3/t14-/m0/s1. The molecule has 0 bridgehead atoms. The lowest BCUT2D eigenvalue weighted by molar-refractivity contribution is 0.00158. The topological polar surface area (TPSA) is 49.0 Å². The zero-order valence-corrected chi connectivity index (χ0v) is 12.9. The van der Waals surface area contributed by atoms with Crippen molar-refractivity contribution in [1.29, 1.82) is 0 Å². The number of nitrogens with one attached hydrogen (secondary N) is 1. The predicted molar refractivity (Wildman–Crippen MR) is 80.7 cm³/mol. The van der Waals surface area contributed by atoms with Gasteiger partial charge < -0.3 is 24.3 Å². The van der Waals surface area contributed by atoms with Crippen LogP contribution in [0.4, 0.5) is 0 Å². The van der Waals surface area contributed by atoms with Crippen LogP contribution in [0.25, 0.3) is 0 Å². The normalized spacial score (nSPS) is 17.0. The minimum atomic E-state index is 0.165. The van der Waals surface area contributed by atoms with Gasteiger partial charge in [0.1, 0.15) is 0 Å². The van der Waals surface area contributed by atoms with Crippen molar-refractivity contribution in [2.75, 3.05) is 34.7 Å². The van der Waals surface area contributed by atoms with Crippen LogP contribution in [0.3, 0.4) is 0 Å². The van der Waals surface area contributed by atoms with E-state index in [2.05, 4.69) is 18.0 Å². The number of rotatable bonds is 7. The molecule has 1 aliphatic rings. The summed E-state index contributed by atoms with van der Waals surface area (Å²) in [6.45, 7) is 5.09. The van der Waals surface area contributed by atoms with Gasteiger partial charge in [-0.05, 0) is 36.2 Å². The molecule has 1 N–H and O–H groups in total. The highest BCUT2D eigenvalue weighted by molar-refractivity contribution is 5.49. The monoisotopic (exact) mass is 293 g/mol. The van der Waals surface area contributed by atoms with Crippen molar-refractivity contribution in [1.82, 2.24) is 5.32 Å². The lowest BCUT2D eigenvalue weighted by Crippen LogP contribution is -2.30. The number of fused-ring (bicyclic) bond motifs is 1. The maximum atomic E-state index is 5.40. The van der Waals surface area contributed by atoms with E-state index in [9.17, 15) is 0 Å². The highest BCUT2D eigenvalue weighted by atomic mass is 16.7. The maximum absolute atomic E-state index is 5.40. The first-order valence-corrected chi connectivity index (χ1v) is 6.97. The molecule has 5 heteroatoms. The second-order valence-corrected chi connectivity index (χ2v) is 4.96. The van der Waals surface area contributed by atoms with Crippen molar-refractivity contribution < 1.29 is 18.9 Å². The highest BCUT2D eigenvalue weighted by Gasteiger charge is 2.23.